The summed E-state index contributed by atoms with van der Waals surface area (Å²) in [6.07, 6.45) is 1.61. The number of halogens is 1. The first-order valence-corrected chi connectivity index (χ1v) is 6.49. The molecule has 4 nitrogen and oxygen atoms in total. The molecular weight excluding hydrogens is 265 g/mol. The molecule has 0 bridgehead atoms. The molecule has 1 aromatic heterocycles. The smallest absolute Gasteiger partial charge is 0.188 e. The Morgan fingerprint density at radius 3 is 2.74 bits per heavy atom. The molecule has 1 aromatic carbocycles. The van der Waals surface area contributed by atoms with Crippen molar-refractivity contribution >= 4 is 17.6 Å². The molecule has 98 valence electrons. The molecule has 0 aliphatic heterocycles. The van der Waals surface area contributed by atoms with Gasteiger partial charge in [0.25, 0.3) is 0 Å². The maximum absolute atomic E-state index is 12.8. The summed E-state index contributed by atoms with van der Waals surface area (Å²) in [6, 6.07) is 9.92. The Labute approximate surface area is 114 Å². The Bertz CT molecular complexity index is 587. The minimum Gasteiger partial charge on any atom is -0.409 e. The van der Waals surface area contributed by atoms with Crippen molar-refractivity contribution in [3.8, 4) is 0 Å². The van der Waals surface area contributed by atoms with E-state index in [0.29, 0.717) is 11.4 Å². The van der Waals surface area contributed by atoms with Crippen molar-refractivity contribution in [2.45, 2.75) is 10.6 Å². The lowest BCUT2D eigenvalue weighted by Gasteiger charge is -2.04. The summed E-state index contributed by atoms with van der Waals surface area (Å²) in [4.78, 5) is 4.98. The van der Waals surface area contributed by atoms with Crippen molar-refractivity contribution < 1.29 is 9.60 Å². The van der Waals surface area contributed by atoms with Gasteiger partial charge >= 0.3 is 0 Å². The quantitative estimate of drug-likeness (QED) is 0.296. The van der Waals surface area contributed by atoms with Crippen molar-refractivity contribution in [2.24, 2.45) is 10.9 Å². The van der Waals surface area contributed by atoms with Gasteiger partial charge in [-0.05, 0) is 42.0 Å². The molecule has 0 spiro atoms. The summed E-state index contributed by atoms with van der Waals surface area (Å²) in [7, 11) is 0. The van der Waals surface area contributed by atoms with Crippen LogP contribution in [0.2, 0.25) is 0 Å². The van der Waals surface area contributed by atoms with Gasteiger partial charge in [0.1, 0.15) is 11.5 Å². The third kappa shape index (κ3) is 3.69. The second kappa shape index (κ2) is 6.19. The van der Waals surface area contributed by atoms with Gasteiger partial charge in [0, 0.05) is 16.8 Å². The van der Waals surface area contributed by atoms with Crippen LogP contribution >= 0.6 is 11.8 Å². The van der Waals surface area contributed by atoms with E-state index in [9.17, 15) is 4.39 Å². The fourth-order valence-corrected chi connectivity index (χ4v) is 2.29. The Balaban J connectivity index is 2.05. The first kappa shape index (κ1) is 13.4. The van der Waals surface area contributed by atoms with Crippen molar-refractivity contribution in [1.29, 1.82) is 0 Å². The third-order valence-electron chi connectivity index (χ3n) is 2.41. The molecule has 19 heavy (non-hydrogen) atoms. The second-order valence-corrected chi connectivity index (χ2v) is 4.83. The number of nitrogens with zero attached hydrogens (tertiary/aromatic N) is 2. The van der Waals surface area contributed by atoms with Gasteiger partial charge in [0.05, 0.1) is 0 Å². The summed E-state index contributed by atoms with van der Waals surface area (Å²) < 4.78 is 12.8. The third-order valence-corrected chi connectivity index (χ3v) is 3.50. The van der Waals surface area contributed by atoms with E-state index in [2.05, 4.69) is 10.1 Å². The van der Waals surface area contributed by atoms with Crippen LogP contribution in [0.4, 0.5) is 4.39 Å². The number of aromatic nitrogens is 1. The van der Waals surface area contributed by atoms with Gasteiger partial charge in [0.2, 0.25) is 0 Å². The number of amidine groups is 1. The summed E-state index contributed by atoms with van der Waals surface area (Å²) in [5.41, 5.74) is 6.90. The average molecular weight is 277 g/mol. The first-order valence-electron chi connectivity index (χ1n) is 5.50. The van der Waals surface area contributed by atoms with Gasteiger partial charge in [0.15, 0.2) is 5.84 Å². The van der Waals surface area contributed by atoms with Gasteiger partial charge in [-0.3, -0.25) is 4.98 Å². The molecule has 0 saturated heterocycles. The van der Waals surface area contributed by atoms with Crippen molar-refractivity contribution in [3.63, 3.8) is 0 Å². The molecule has 0 radical (unpaired) electrons. The molecule has 0 saturated carbocycles. The number of rotatable bonds is 4. The Morgan fingerprint density at radius 1 is 1.32 bits per heavy atom. The van der Waals surface area contributed by atoms with E-state index >= 15 is 0 Å². The Kier molecular flexibility index (Phi) is 4.35. The summed E-state index contributed by atoms with van der Waals surface area (Å²) >= 11 is 1.57. The molecule has 0 fully saturated rings. The molecule has 0 unspecified atom stereocenters. The highest BCUT2D eigenvalue weighted by molar-refractivity contribution is 7.98. The van der Waals surface area contributed by atoms with E-state index in [1.807, 2.05) is 6.07 Å². The molecule has 6 heteroatoms. The van der Waals surface area contributed by atoms with E-state index in [-0.39, 0.29) is 11.7 Å². The lowest BCUT2D eigenvalue weighted by Crippen LogP contribution is -2.15. The molecule has 2 aromatic rings. The molecule has 1 heterocycles. The van der Waals surface area contributed by atoms with Crippen LogP contribution in [-0.4, -0.2) is 16.0 Å². The zero-order valence-electron chi connectivity index (χ0n) is 9.95. The van der Waals surface area contributed by atoms with Gasteiger partial charge < -0.3 is 10.9 Å². The van der Waals surface area contributed by atoms with Crippen LogP contribution in [0, 0.1) is 5.82 Å². The number of hydrogen-bond acceptors (Lipinski definition) is 4. The zero-order chi connectivity index (χ0) is 13.7. The Morgan fingerprint density at radius 2 is 2.05 bits per heavy atom. The van der Waals surface area contributed by atoms with Crippen LogP contribution in [0.1, 0.15) is 11.3 Å². The standard InChI is InChI=1S/C13H12FN3OS/c14-10-1-3-11(4-2-10)19-8-9-5-6-16-12(7-9)13(15)17-18/h1-7,18H,8H2,(H2,15,17). The van der Waals surface area contributed by atoms with E-state index < -0.39 is 0 Å². The summed E-state index contributed by atoms with van der Waals surface area (Å²) in [5, 5.41) is 11.5. The predicted molar refractivity (Wildman–Crippen MR) is 72.7 cm³/mol. The van der Waals surface area contributed by atoms with E-state index in [1.165, 1.54) is 12.1 Å². The van der Waals surface area contributed by atoms with Gasteiger partial charge in [-0.1, -0.05) is 5.16 Å². The highest BCUT2D eigenvalue weighted by Gasteiger charge is 2.03. The maximum atomic E-state index is 12.8. The SMILES string of the molecule is NC(=NO)c1cc(CSc2ccc(F)cc2)ccn1. The molecular formula is C13H12FN3OS. The van der Waals surface area contributed by atoms with Crippen LogP contribution in [0.15, 0.2) is 52.6 Å². The zero-order valence-corrected chi connectivity index (χ0v) is 10.8. The van der Waals surface area contributed by atoms with Gasteiger partial charge in [-0.2, -0.15) is 0 Å². The number of benzene rings is 1. The fraction of sp³-hybridized carbons (Fsp3) is 0.0769. The van der Waals surface area contributed by atoms with Crippen LogP contribution < -0.4 is 5.73 Å². The van der Waals surface area contributed by atoms with E-state index in [4.69, 9.17) is 10.9 Å². The first-order chi connectivity index (χ1) is 9.19. The summed E-state index contributed by atoms with van der Waals surface area (Å²) in [6.45, 7) is 0. The second-order valence-electron chi connectivity index (χ2n) is 3.78. The lowest BCUT2D eigenvalue weighted by atomic mass is 10.2. The van der Waals surface area contributed by atoms with E-state index in [1.54, 1.807) is 36.2 Å². The minimum absolute atomic E-state index is 0.0198. The molecule has 0 aliphatic rings. The number of thioether (sulfide) groups is 1. The molecule has 0 atom stereocenters. The topological polar surface area (TPSA) is 71.5 Å². The molecule has 0 aliphatic carbocycles. The maximum Gasteiger partial charge on any atom is 0.188 e. The lowest BCUT2D eigenvalue weighted by molar-refractivity contribution is 0.318. The minimum atomic E-state index is -0.248. The van der Waals surface area contributed by atoms with Crippen molar-refractivity contribution in [2.75, 3.05) is 0 Å². The fourth-order valence-electron chi connectivity index (χ4n) is 1.45. The number of oxime groups is 1. The van der Waals surface area contributed by atoms with Crippen molar-refractivity contribution in [1.82, 2.24) is 4.98 Å². The highest BCUT2D eigenvalue weighted by Crippen LogP contribution is 2.22. The predicted octanol–water partition coefficient (Wildman–Crippen LogP) is 2.61. The normalized spacial score (nSPS) is 11.5. The molecule has 0 amide bonds. The monoisotopic (exact) mass is 277 g/mol. The number of nitrogens with two attached hydrogens (primary N) is 1. The van der Waals surface area contributed by atoms with Crippen LogP contribution in [-0.2, 0) is 5.75 Å². The molecule has 3 N–H and O–H groups in total. The average Bonchev–Trinajstić information content (AvgIpc) is 2.46. The number of pyridine rings is 1. The van der Waals surface area contributed by atoms with Crippen LogP contribution in [0.3, 0.4) is 0 Å². The number of hydrogen-bond donors (Lipinski definition) is 2. The van der Waals surface area contributed by atoms with Crippen molar-refractivity contribution in [3.05, 3.63) is 59.7 Å². The Hall–Kier alpha value is -2.08. The van der Waals surface area contributed by atoms with Gasteiger partial charge in [-0.15, -0.1) is 11.8 Å². The van der Waals surface area contributed by atoms with Crippen LogP contribution in [0.25, 0.3) is 0 Å². The largest absolute Gasteiger partial charge is 0.409 e. The molecule has 2 rings (SSSR count). The summed E-state index contributed by atoms with van der Waals surface area (Å²) in [5.74, 6) is 0.427. The highest BCUT2D eigenvalue weighted by atomic mass is 32.2. The van der Waals surface area contributed by atoms with Gasteiger partial charge in [-0.25, -0.2) is 4.39 Å². The van der Waals surface area contributed by atoms with E-state index in [0.717, 1.165) is 10.5 Å². The van der Waals surface area contributed by atoms with Crippen LogP contribution in [0.5, 0.6) is 0 Å².